The van der Waals surface area contributed by atoms with Crippen LogP contribution in [0.4, 0.5) is 5.13 Å². The summed E-state index contributed by atoms with van der Waals surface area (Å²) in [5, 5.41) is 10.5. The summed E-state index contributed by atoms with van der Waals surface area (Å²) in [4.78, 5) is 4.22. The van der Waals surface area contributed by atoms with Gasteiger partial charge in [-0.1, -0.05) is 36.4 Å². The lowest BCUT2D eigenvalue weighted by molar-refractivity contribution is 1.000. The number of benzene rings is 2. The number of rotatable bonds is 2. The third kappa shape index (κ3) is 2.69. The van der Waals surface area contributed by atoms with Crippen LogP contribution in [-0.4, -0.2) is 9.55 Å². The van der Waals surface area contributed by atoms with Crippen LogP contribution in [0.2, 0.25) is 0 Å². The Bertz CT molecular complexity index is 962. The molecule has 2 aromatic heterocycles. The summed E-state index contributed by atoms with van der Waals surface area (Å²) in [7, 11) is 2.09. The number of nitrogens with zero attached hydrogens (tertiary/aromatic N) is 3. The second-order valence-electron chi connectivity index (χ2n) is 5.00. The van der Waals surface area contributed by atoms with E-state index in [1.807, 2.05) is 17.5 Å². The zero-order valence-corrected chi connectivity index (χ0v) is 14.1. The molecule has 0 spiro atoms. The van der Waals surface area contributed by atoms with Gasteiger partial charge in [0.1, 0.15) is 5.36 Å². The van der Waals surface area contributed by atoms with Crippen molar-refractivity contribution in [2.45, 2.75) is 0 Å². The van der Waals surface area contributed by atoms with Crippen molar-refractivity contribution in [2.75, 3.05) is 5.43 Å². The van der Waals surface area contributed by atoms with Crippen LogP contribution < -0.4 is 10.8 Å². The molecule has 4 aromatic rings. The van der Waals surface area contributed by atoms with Crippen LogP contribution in [0.1, 0.15) is 0 Å². The van der Waals surface area contributed by atoms with Gasteiger partial charge in [0.15, 0.2) is 0 Å². The Balaban J connectivity index is 0.00000156. The van der Waals surface area contributed by atoms with E-state index in [0.717, 1.165) is 32.3 Å². The van der Waals surface area contributed by atoms with E-state index in [9.17, 15) is 0 Å². The lowest BCUT2D eigenvalue weighted by Crippen LogP contribution is -2.12. The number of para-hydroxylation sites is 2. The predicted octanol–water partition coefficient (Wildman–Crippen LogP) is 4.14. The van der Waals surface area contributed by atoms with Crippen LogP contribution in [-0.2, 0) is 7.05 Å². The van der Waals surface area contributed by atoms with E-state index in [1.54, 1.807) is 6.20 Å². The lowest BCUT2D eigenvalue weighted by Gasteiger charge is -2.11. The number of pyridine rings is 1. The van der Waals surface area contributed by atoms with Crippen molar-refractivity contribution in [3.63, 3.8) is 0 Å². The molecule has 4 nitrogen and oxygen atoms in total. The van der Waals surface area contributed by atoms with E-state index >= 15 is 0 Å². The minimum Gasteiger partial charge on any atom is -0.344 e. The van der Waals surface area contributed by atoms with Crippen molar-refractivity contribution >= 4 is 50.7 Å². The number of anilines is 1. The van der Waals surface area contributed by atoms with E-state index in [0.29, 0.717) is 0 Å². The Morgan fingerprint density at radius 1 is 1.00 bits per heavy atom. The maximum absolute atomic E-state index is 4.63. The first-order valence-corrected chi connectivity index (χ1v) is 7.88. The van der Waals surface area contributed by atoms with Gasteiger partial charge in [-0.15, -0.1) is 23.7 Å². The predicted molar refractivity (Wildman–Crippen MR) is 99.0 cm³/mol. The van der Waals surface area contributed by atoms with Gasteiger partial charge < -0.3 is 4.57 Å². The van der Waals surface area contributed by atoms with Crippen LogP contribution in [0.3, 0.4) is 0 Å². The number of aryl methyl sites for hydroxylation is 1. The highest BCUT2D eigenvalue weighted by molar-refractivity contribution is 7.13. The molecule has 0 bridgehead atoms. The molecule has 0 unspecified atom stereocenters. The summed E-state index contributed by atoms with van der Waals surface area (Å²) in [6.45, 7) is 0. The third-order valence-corrected chi connectivity index (χ3v) is 4.41. The summed E-state index contributed by atoms with van der Waals surface area (Å²) >= 11 is 1.53. The van der Waals surface area contributed by atoms with Gasteiger partial charge in [0, 0.05) is 29.4 Å². The molecule has 4 rings (SSSR count). The molecule has 0 amide bonds. The molecule has 0 saturated carbocycles. The van der Waals surface area contributed by atoms with Gasteiger partial charge in [-0.25, -0.2) is 4.98 Å². The number of hydrogen-bond acceptors (Lipinski definition) is 4. The average Bonchev–Trinajstić information content (AvgIpc) is 3.08. The molecule has 0 aliphatic rings. The molecular formula is C17H15ClN4S. The normalized spacial score (nSPS) is 10.5. The van der Waals surface area contributed by atoms with Crippen LogP contribution in [0.15, 0.2) is 65.2 Å². The fourth-order valence-corrected chi connectivity index (χ4v) is 3.18. The third-order valence-electron chi connectivity index (χ3n) is 3.74. The van der Waals surface area contributed by atoms with Crippen molar-refractivity contribution < 1.29 is 0 Å². The van der Waals surface area contributed by atoms with Crippen LogP contribution in [0.5, 0.6) is 0 Å². The zero-order chi connectivity index (χ0) is 14.9. The standard InChI is InChI=1S/C17H14N4S.ClH/c1-21-14-8-4-2-6-12(14)16(13-7-3-5-9-15(13)21)19-20-17-18-10-11-22-17;/h2-11H,1H3,(H,18,20);1H. The van der Waals surface area contributed by atoms with Gasteiger partial charge in [0.05, 0.1) is 11.0 Å². The zero-order valence-electron chi connectivity index (χ0n) is 12.4. The van der Waals surface area contributed by atoms with Gasteiger partial charge in [-0.2, -0.15) is 5.10 Å². The Morgan fingerprint density at radius 2 is 1.61 bits per heavy atom. The summed E-state index contributed by atoms with van der Waals surface area (Å²) in [6.07, 6.45) is 1.77. The molecule has 6 heteroatoms. The Labute approximate surface area is 143 Å². The summed E-state index contributed by atoms with van der Waals surface area (Å²) in [5.74, 6) is 0. The molecule has 0 radical (unpaired) electrons. The van der Waals surface area contributed by atoms with Crippen molar-refractivity contribution in [3.05, 3.63) is 65.5 Å². The molecule has 0 fully saturated rings. The largest absolute Gasteiger partial charge is 0.344 e. The lowest BCUT2D eigenvalue weighted by atomic mass is 10.1. The quantitative estimate of drug-likeness (QED) is 0.439. The second kappa shape index (κ2) is 6.40. The highest BCUT2D eigenvalue weighted by Crippen LogP contribution is 2.18. The van der Waals surface area contributed by atoms with Crippen LogP contribution in [0, 0.1) is 0 Å². The number of halogens is 1. The fraction of sp³-hybridized carbons (Fsp3) is 0.0588. The van der Waals surface area contributed by atoms with Gasteiger partial charge in [0.25, 0.3) is 0 Å². The van der Waals surface area contributed by atoms with E-state index in [4.69, 9.17) is 0 Å². The molecule has 0 aliphatic carbocycles. The molecule has 23 heavy (non-hydrogen) atoms. The van der Waals surface area contributed by atoms with E-state index in [2.05, 4.69) is 63.5 Å². The molecule has 116 valence electrons. The van der Waals surface area contributed by atoms with Crippen molar-refractivity contribution in [2.24, 2.45) is 12.1 Å². The maximum Gasteiger partial charge on any atom is 0.203 e. The minimum absolute atomic E-state index is 0. The first-order valence-electron chi connectivity index (χ1n) is 7.00. The molecule has 0 atom stereocenters. The SMILES string of the molecule is Cl.Cn1c2ccccc2c(=NNc2nccs2)c2ccccc21. The molecular weight excluding hydrogens is 328 g/mol. The number of nitrogens with one attached hydrogen (secondary N) is 1. The summed E-state index contributed by atoms with van der Waals surface area (Å²) in [5.41, 5.74) is 5.38. The van der Waals surface area contributed by atoms with Crippen molar-refractivity contribution in [1.29, 1.82) is 0 Å². The first kappa shape index (κ1) is 15.5. The topological polar surface area (TPSA) is 42.2 Å². The number of fused-ring (bicyclic) bond motifs is 2. The number of hydrogen-bond donors (Lipinski definition) is 1. The Morgan fingerprint density at radius 3 is 2.17 bits per heavy atom. The van der Waals surface area contributed by atoms with Gasteiger partial charge in [-0.05, 0) is 12.1 Å². The highest BCUT2D eigenvalue weighted by atomic mass is 35.5. The minimum atomic E-state index is 0. The fourth-order valence-electron chi connectivity index (χ4n) is 2.71. The number of thiazole rings is 1. The van der Waals surface area contributed by atoms with Gasteiger partial charge in [-0.3, -0.25) is 5.43 Å². The maximum atomic E-state index is 4.63. The highest BCUT2D eigenvalue weighted by Gasteiger charge is 2.06. The van der Waals surface area contributed by atoms with E-state index < -0.39 is 0 Å². The average molecular weight is 343 g/mol. The summed E-state index contributed by atoms with van der Waals surface area (Å²) in [6, 6.07) is 16.6. The molecule has 1 N–H and O–H groups in total. The molecule has 2 aromatic carbocycles. The van der Waals surface area contributed by atoms with Crippen molar-refractivity contribution in [1.82, 2.24) is 9.55 Å². The van der Waals surface area contributed by atoms with E-state index in [-0.39, 0.29) is 12.4 Å². The van der Waals surface area contributed by atoms with E-state index in [1.165, 1.54) is 11.3 Å². The summed E-state index contributed by atoms with van der Waals surface area (Å²) < 4.78 is 2.20. The number of aromatic nitrogens is 2. The van der Waals surface area contributed by atoms with Gasteiger partial charge in [0.2, 0.25) is 5.13 Å². The van der Waals surface area contributed by atoms with Gasteiger partial charge >= 0.3 is 0 Å². The Hall–Kier alpha value is -2.37. The van der Waals surface area contributed by atoms with Crippen molar-refractivity contribution in [3.8, 4) is 0 Å². The first-order chi connectivity index (χ1) is 10.8. The molecule has 2 heterocycles. The van der Waals surface area contributed by atoms with Crippen LogP contribution in [0.25, 0.3) is 21.8 Å². The molecule has 0 aliphatic heterocycles. The van der Waals surface area contributed by atoms with Crippen LogP contribution >= 0.6 is 23.7 Å². The Kier molecular flexibility index (Phi) is 4.32. The monoisotopic (exact) mass is 342 g/mol. The molecule has 0 saturated heterocycles. The second-order valence-corrected chi connectivity index (χ2v) is 5.90. The smallest absolute Gasteiger partial charge is 0.203 e.